The molecule has 0 atom stereocenters. The van der Waals surface area contributed by atoms with Crippen molar-refractivity contribution in [2.75, 3.05) is 20.0 Å². The lowest BCUT2D eigenvalue weighted by molar-refractivity contribution is -0.143. The second-order valence-electron chi connectivity index (χ2n) is 5.49. The summed E-state index contributed by atoms with van der Waals surface area (Å²) in [5.74, 6) is -1.03. The predicted octanol–water partition coefficient (Wildman–Crippen LogP) is 4.11. The monoisotopic (exact) mass is 438 g/mol. The van der Waals surface area contributed by atoms with Crippen molar-refractivity contribution >= 4 is 27.4 Å². The maximum absolute atomic E-state index is 13.3. The highest BCUT2D eigenvalue weighted by molar-refractivity contribution is 7.90. The zero-order valence-corrected chi connectivity index (χ0v) is 16.1. The highest BCUT2D eigenvalue weighted by Crippen LogP contribution is 2.39. The van der Waals surface area contributed by atoms with Gasteiger partial charge in [-0.05, 0) is 30.3 Å². The van der Waals surface area contributed by atoms with Crippen LogP contribution in [0, 0.1) is 0 Å². The Hall–Kier alpha value is -2.46. The SMILES string of the molecule is COC(=O)COc1ccc(Cl)cc1Oc1ccc(S(C)(=O)=O)c(C(F)(F)F)c1. The first kappa shape index (κ1) is 21.8. The second-order valence-corrected chi connectivity index (χ2v) is 7.91. The number of sulfone groups is 1. The van der Waals surface area contributed by atoms with Crippen LogP contribution < -0.4 is 9.47 Å². The van der Waals surface area contributed by atoms with Gasteiger partial charge in [0.1, 0.15) is 5.75 Å². The molecule has 0 spiro atoms. The van der Waals surface area contributed by atoms with E-state index >= 15 is 0 Å². The van der Waals surface area contributed by atoms with Gasteiger partial charge in [-0.1, -0.05) is 11.6 Å². The van der Waals surface area contributed by atoms with Gasteiger partial charge >= 0.3 is 12.1 Å². The molecule has 0 aliphatic rings. The number of rotatable bonds is 6. The predicted molar refractivity (Wildman–Crippen MR) is 93.6 cm³/mol. The van der Waals surface area contributed by atoms with Crippen LogP contribution in [0.5, 0.6) is 17.2 Å². The van der Waals surface area contributed by atoms with Gasteiger partial charge in [0.05, 0.1) is 17.6 Å². The molecule has 6 nitrogen and oxygen atoms in total. The van der Waals surface area contributed by atoms with Crippen molar-refractivity contribution in [2.45, 2.75) is 11.1 Å². The maximum atomic E-state index is 13.3. The summed E-state index contributed by atoms with van der Waals surface area (Å²) < 4.78 is 78.1. The van der Waals surface area contributed by atoms with Crippen molar-refractivity contribution < 1.29 is 40.6 Å². The lowest BCUT2D eigenvalue weighted by atomic mass is 10.2. The Balaban J connectivity index is 2.43. The fourth-order valence-corrected chi connectivity index (χ4v) is 3.17. The van der Waals surface area contributed by atoms with Crippen LogP contribution in [-0.4, -0.2) is 34.4 Å². The van der Waals surface area contributed by atoms with Crippen LogP contribution in [0.3, 0.4) is 0 Å². The fourth-order valence-electron chi connectivity index (χ4n) is 2.12. The first-order valence-corrected chi connectivity index (χ1v) is 9.77. The van der Waals surface area contributed by atoms with Crippen LogP contribution in [0.4, 0.5) is 13.2 Å². The number of halogens is 4. The van der Waals surface area contributed by atoms with Gasteiger partial charge in [-0.3, -0.25) is 0 Å². The molecule has 2 aromatic rings. The van der Waals surface area contributed by atoms with Gasteiger partial charge in [-0.25, -0.2) is 13.2 Å². The number of esters is 1. The van der Waals surface area contributed by atoms with Gasteiger partial charge in [0.25, 0.3) is 0 Å². The quantitative estimate of drug-likeness (QED) is 0.632. The van der Waals surface area contributed by atoms with E-state index in [0.717, 1.165) is 19.2 Å². The highest BCUT2D eigenvalue weighted by Gasteiger charge is 2.36. The van der Waals surface area contributed by atoms with Gasteiger partial charge in [0, 0.05) is 17.3 Å². The molecule has 0 heterocycles. The summed E-state index contributed by atoms with van der Waals surface area (Å²) >= 11 is 5.88. The van der Waals surface area contributed by atoms with Gasteiger partial charge in [-0.2, -0.15) is 13.2 Å². The van der Waals surface area contributed by atoms with E-state index in [9.17, 15) is 26.4 Å². The van der Waals surface area contributed by atoms with Crippen LogP contribution in [0.1, 0.15) is 5.56 Å². The van der Waals surface area contributed by atoms with Crippen LogP contribution in [0.25, 0.3) is 0 Å². The lowest BCUT2D eigenvalue weighted by Crippen LogP contribution is -2.13. The van der Waals surface area contributed by atoms with E-state index in [1.165, 1.54) is 18.2 Å². The smallest absolute Gasteiger partial charge is 0.417 e. The normalized spacial score (nSPS) is 11.8. The molecule has 0 saturated heterocycles. The molecule has 152 valence electrons. The van der Waals surface area contributed by atoms with Crippen molar-refractivity contribution in [3.63, 3.8) is 0 Å². The fraction of sp³-hybridized carbons (Fsp3) is 0.235. The first-order valence-electron chi connectivity index (χ1n) is 7.50. The number of hydrogen-bond donors (Lipinski definition) is 0. The summed E-state index contributed by atoms with van der Waals surface area (Å²) in [6.07, 6.45) is -4.25. The van der Waals surface area contributed by atoms with E-state index in [1.807, 2.05) is 0 Å². The number of methoxy groups -OCH3 is 1. The minimum absolute atomic E-state index is 0.0237. The number of ether oxygens (including phenoxy) is 3. The molecule has 11 heteroatoms. The van der Waals surface area contributed by atoms with E-state index in [2.05, 4.69) is 4.74 Å². The molecule has 0 amide bonds. The van der Waals surface area contributed by atoms with E-state index in [-0.39, 0.29) is 22.3 Å². The third-order valence-electron chi connectivity index (χ3n) is 3.36. The summed E-state index contributed by atoms with van der Waals surface area (Å²) in [6, 6.07) is 6.47. The Morgan fingerprint density at radius 1 is 1.11 bits per heavy atom. The minimum atomic E-state index is -4.92. The summed E-state index contributed by atoms with van der Waals surface area (Å²) in [5.41, 5.74) is -1.37. The Bertz CT molecular complexity index is 989. The van der Waals surface area contributed by atoms with Gasteiger partial charge in [-0.15, -0.1) is 0 Å². The number of carbonyl (C=O) groups excluding carboxylic acids is 1. The Kier molecular flexibility index (Phi) is 6.45. The van der Waals surface area contributed by atoms with E-state index in [4.69, 9.17) is 21.1 Å². The molecule has 28 heavy (non-hydrogen) atoms. The number of carbonyl (C=O) groups is 1. The molecule has 0 radical (unpaired) electrons. The highest BCUT2D eigenvalue weighted by atomic mass is 35.5. The summed E-state index contributed by atoms with van der Waals surface area (Å²) in [4.78, 5) is 10.3. The lowest BCUT2D eigenvalue weighted by Gasteiger charge is -2.15. The van der Waals surface area contributed by atoms with Crippen LogP contribution in [-0.2, 0) is 25.5 Å². The Morgan fingerprint density at radius 3 is 2.36 bits per heavy atom. The molecule has 0 aliphatic carbocycles. The van der Waals surface area contributed by atoms with Crippen molar-refractivity contribution in [1.29, 1.82) is 0 Å². The molecular formula is C17H14ClF3O6S. The molecule has 0 aromatic heterocycles. The second kappa shape index (κ2) is 8.27. The molecule has 0 unspecified atom stereocenters. The van der Waals surface area contributed by atoms with E-state index < -0.39 is 39.0 Å². The van der Waals surface area contributed by atoms with Crippen molar-refractivity contribution in [1.82, 2.24) is 0 Å². The number of alkyl halides is 3. The average Bonchev–Trinajstić information content (AvgIpc) is 2.59. The van der Waals surface area contributed by atoms with Crippen molar-refractivity contribution in [3.8, 4) is 17.2 Å². The number of hydrogen-bond acceptors (Lipinski definition) is 6. The minimum Gasteiger partial charge on any atom is -0.478 e. The Labute approximate surface area is 163 Å². The zero-order valence-electron chi connectivity index (χ0n) is 14.5. The van der Waals surface area contributed by atoms with E-state index in [0.29, 0.717) is 12.3 Å². The van der Waals surface area contributed by atoms with Crippen molar-refractivity contribution in [3.05, 3.63) is 47.0 Å². The molecule has 2 rings (SSSR count). The largest absolute Gasteiger partial charge is 0.478 e. The van der Waals surface area contributed by atoms with Crippen LogP contribution >= 0.6 is 11.6 Å². The molecule has 0 aliphatic heterocycles. The molecule has 2 aromatic carbocycles. The zero-order chi connectivity index (χ0) is 21.1. The average molecular weight is 439 g/mol. The summed E-state index contributed by atoms with van der Waals surface area (Å²) in [6.45, 7) is -0.463. The van der Waals surface area contributed by atoms with Gasteiger partial charge < -0.3 is 14.2 Å². The van der Waals surface area contributed by atoms with Gasteiger partial charge in [0.2, 0.25) is 0 Å². The summed E-state index contributed by atoms with van der Waals surface area (Å²) in [5, 5.41) is 0.198. The maximum Gasteiger partial charge on any atom is 0.417 e. The van der Waals surface area contributed by atoms with Gasteiger partial charge in [0.15, 0.2) is 27.9 Å². The number of benzene rings is 2. The molecule has 0 fully saturated rings. The third-order valence-corrected chi connectivity index (χ3v) is 4.75. The Morgan fingerprint density at radius 2 is 1.79 bits per heavy atom. The van der Waals surface area contributed by atoms with E-state index in [1.54, 1.807) is 0 Å². The van der Waals surface area contributed by atoms with Crippen LogP contribution in [0.2, 0.25) is 5.02 Å². The first-order chi connectivity index (χ1) is 12.9. The molecule has 0 N–H and O–H groups in total. The molecule has 0 saturated carbocycles. The molecular weight excluding hydrogens is 425 g/mol. The van der Waals surface area contributed by atoms with Crippen LogP contribution in [0.15, 0.2) is 41.3 Å². The topological polar surface area (TPSA) is 78.9 Å². The molecule has 0 bridgehead atoms. The standard InChI is InChI=1S/C17H14ClF3O6S/c1-25-16(22)9-26-13-5-3-10(18)7-14(13)27-11-4-6-15(28(2,23)24)12(8-11)17(19,20)21/h3-8H,9H2,1-2H3. The van der Waals surface area contributed by atoms with Crippen molar-refractivity contribution in [2.24, 2.45) is 0 Å². The summed E-state index contributed by atoms with van der Waals surface area (Å²) in [7, 11) is -2.96. The third kappa shape index (κ3) is 5.52.